The van der Waals surface area contributed by atoms with Crippen LogP contribution < -0.4 is 11.1 Å². The summed E-state index contributed by atoms with van der Waals surface area (Å²) in [6.07, 6.45) is 1.69. The number of nitrogens with one attached hydrogen (secondary N) is 1. The normalized spacial score (nSPS) is 10.5. The van der Waals surface area contributed by atoms with Gasteiger partial charge in [-0.2, -0.15) is 0 Å². The van der Waals surface area contributed by atoms with Gasteiger partial charge in [0.25, 0.3) is 5.91 Å². The van der Waals surface area contributed by atoms with E-state index in [1.807, 2.05) is 49.4 Å². The quantitative estimate of drug-likeness (QED) is 0.706. The van der Waals surface area contributed by atoms with Gasteiger partial charge in [0.2, 0.25) is 0 Å². The number of hydrogen-bond acceptors (Lipinski definition) is 3. The summed E-state index contributed by atoms with van der Waals surface area (Å²) in [6.45, 7) is 1.85. The maximum atomic E-state index is 12.4. The number of pyridine rings is 1. The van der Waals surface area contributed by atoms with Crippen LogP contribution in [0.2, 0.25) is 0 Å². The highest BCUT2D eigenvalue weighted by Crippen LogP contribution is 2.23. The summed E-state index contributed by atoms with van der Waals surface area (Å²) >= 11 is 0. The minimum Gasteiger partial charge on any atom is -0.398 e. The molecule has 0 atom stereocenters. The summed E-state index contributed by atoms with van der Waals surface area (Å²) in [5, 5.41) is 4.85. The van der Waals surface area contributed by atoms with Crippen LogP contribution in [-0.2, 0) is 0 Å². The molecule has 104 valence electrons. The number of carbonyl (C=O) groups excluding carboxylic acids is 1. The summed E-state index contributed by atoms with van der Waals surface area (Å²) < 4.78 is 0. The van der Waals surface area contributed by atoms with Gasteiger partial charge in [-0.1, -0.05) is 24.3 Å². The van der Waals surface area contributed by atoms with Crippen LogP contribution in [0, 0.1) is 6.92 Å². The van der Waals surface area contributed by atoms with E-state index in [2.05, 4.69) is 10.3 Å². The lowest BCUT2D eigenvalue weighted by Gasteiger charge is -2.10. The minimum atomic E-state index is -0.227. The van der Waals surface area contributed by atoms with Gasteiger partial charge in [0.15, 0.2) is 0 Å². The Morgan fingerprint density at radius 1 is 1.10 bits per heavy atom. The molecule has 21 heavy (non-hydrogen) atoms. The number of nitrogens with zero attached hydrogens (tertiary/aromatic N) is 1. The molecule has 0 saturated carbocycles. The van der Waals surface area contributed by atoms with Gasteiger partial charge in [-0.15, -0.1) is 0 Å². The van der Waals surface area contributed by atoms with Crippen LogP contribution in [0.15, 0.2) is 54.7 Å². The maximum absolute atomic E-state index is 12.4. The Morgan fingerprint density at radius 3 is 2.52 bits per heavy atom. The molecule has 1 heterocycles. The van der Waals surface area contributed by atoms with Crippen molar-refractivity contribution in [3.05, 3.63) is 66.0 Å². The van der Waals surface area contributed by atoms with E-state index < -0.39 is 0 Å². The fourth-order valence-corrected chi connectivity index (χ4v) is 2.26. The van der Waals surface area contributed by atoms with Crippen LogP contribution in [0.3, 0.4) is 0 Å². The molecule has 1 amide bonds. The first kappa shape index (κ1) is 13.1. The largest absolute Gasteiger partial charge is 0.398 e. The molecule has 4 nitrogen and oxygen atoms in total. The molecular weight excluding hydrogens is 262 g/mol. The van der Waals surface area contributed by atoms with Crippen molar-refractivity contribution in [2.24, 2.45) is 0 Å². The first-order chi connectivity index (χ1) is 10.1. The Hall–Kier alpha value is -2.88. The predicted octanol–water partition coefficient (Wildman–Crippen LogP) is 3.38. The van der Waals surface area contributed by atoms with Crippen LogP contribution in [0.1, 0.15) is 16.1 Å². The molecule has 4 heteroatoms. The summed E-state index contributed by atoms with van der Waals surface area (Å²) in [5.74, 6) is -0.227. The van der Waals surface area contributed by atoms with Gasteiger partial charge in [0, 0.05) is 11.9 Å². The van der Waals surface area contributed by atoms with Crippen LogP contribution in [0.25, 0.3) is 10.8 Å². The molecule has 0 aliphatic heterocycles. The number of benzene rings is 2. The summed E-state index contributed by atoms with van der Waals surface area (Å²) in [6, 6.07) is 15.0. The monoisotopic (exact) mass is 277 g/mol. The Morgan fingerprint density at radius 2 is 1.81 bits per heavy atom. The van der Waals surface area contributed by atoms with Crippen LogP contribution in [-0.4, -0.2) is 10.9 Å². The molecule has 3 aromatic rings. The van der Waals surface area contributed by atoms with Gasteiger partial charge in [0.1, 0.15) is 0 Å². The van der Waals surface area contributed by atoms with E-state index in [4.69, 9.17) is 5.73 Å². The van der Waals surface area contributed by atoms with Crippen molar-refractivity contribution >= 4 is 28.1 Å². The molecule has 0 saturated heterocycles. The Kier molecular flexibility index (Phi) is 3.28. The molecule has 0 unspecified atom stereocenters. The van der Waals surface area contributed by atoms with E-state index in [0.717, 1.165) is 16.5 Å². The number of carbonyl (C=O) groups is 1. The number of aromatic nitrogens is 1. The molecule has 0 fully saturated rings. The Labute approximate surface area is 122 Å². The molecule has 2 aromatic carbocycles. The minimum absolute atomic E-state index is 0.227. The number of aryl methyl sites for hydroxylation is 1. The molecule has 0 aliphatic carbocycles. The highest BCUT2D eigenvalue weighted by Gasteiger charge is 2.12. The molecule has 1 aromatic heterocycles. The second-order valence-corrected chi connectivity index (χ2v) is 4.88. The summed E-state index contributed by atoms with van der Waals surface area (Å²) in [5.41, 5.74) is 8.40. The smallest absolute Gasteiger partial charge is 0.257 e. The van der Waals surface area contributed by atoms with E-state index in [9.17, 15) is 4.79 Å². The second kappa shape index (κ2) is 5.25. The molecule has 3 N–H and O–H groups in total. The Bertz CT molecular complexity index is 827. The van der Waals surface area contributed by atoms with Gasteiger partial charge in [-0.3, -0.25) is 9.78 Å². The van der Waals surface area contributed by atoms with Crippen molar-refractivity contribution in [2.45, 2.75) is 6.92 Å². The zero-order valence-corrected chi connectivity index (χ0v) is 11.6. The third-order valence-electron chi connectivity index (χ3n) is 3.42. The maximum Gasteiger partial charge on any atom is 0.257 e. The number of rotatable bonds is 2. The van der Waals surface area contributed by atoms with Gasteiger partial charge in [-0.25, -0.2) is 0 Å². The van der Waals surface area contributed by atoms with Crippen LogP contribution in [0.5, 0.6) is 0 Å². The van der Waals surface area contributed by atoms with E-state index in [-0.39, 0.29) is 5.91 Å². The second-order valence-electron chi connectivity index (χ2n) is 4.88. The third-order valence-corrected chi connectivity index (χ3v) is 3.42. The molecule has 0 bridgehead atoms. The molecule has 0 spiro atoms. The zero-order chi connectivity index (χ0) is 14.8. The molecule has 0 radical (unpaired) electrons. The van der Waals surface area contributed by atoms with Gasteiger partial charge in [0.05, 0.1) is 16.9 Å². The van der Waals surface area contributed by atoms with Crippen molar-refractivity contribution in [1.29, 1.82) is 0 Å². The summed E-state index contributed by atoms with van der Waals surface area (Å²) in [7, 11) is 0. The van der Waals surface area contributed by atoms with Gasteiger partial charge in [-0.05, 0) is 42.0 Å². The number of anilines is 2. The van der Waals surface area contributed by atoms with Crippen molar-refractivity contribution in [1.82, 2.24) is 4.98 Å². The average Bonchev–Trinajstić information content (AvgIpc) is 2.49. The van der Waals surface area contributed by atoms with Crippen molar-refractivity contribution in [2.75, 3.05) is 11.1 Å². The topological polar surface area (TPSA) is 68.0 Å². The SMILES string of the molecule is Cc1ncccc1NC(=O)c1cc2ccccc2cc1N. The molecule has 3 rings (SSSR count). The van der Waals surface area contributed by atoms with Crippen molar-refractivity contribution < 1.29 is 4.79 Å². The van der Waals surface area contributed by atoms with Gasteiger partial charge < -0.3 is 11.1 Å². The van der Waals surface area contributed by atoms with E-state index in [0.29, 0.717) is 16.9 Å². The van der Waals surface area contributed by atoms with Crippen LogP contribution in [0.4, 0.5) is 11.4 Å². The zero-order valence-electron chi connectivity index (χ0n) is 11.6. The first-order valence-electron chi connectivity index (χ1n) is 6.66. The van der Waals surface area contributed by atoms with Crippen LogP contribution >= 0.6 is 0 Å². The average molecular weight is 277 g/mol. The standard InChI is InChI=1S/C17H15N3O/c1-11-16(7-4-8-19-11)20-17(21)14-9-12-5-2-3-6-13(12)10-15(14)18/h2-10H,18H2,1H3,(H,20,21). The fraction of sp³-hybridized carbons (Fsp3) is 0.0588. The number of hydrogen-bond donors (Lipinski definition) is 2. The molecular formula is C17H15N3O. The van der Waals surface area contributed by atoms with Crippen molar-refractivity contribution in [3.63, 3.8) is 0 Å². The predicted molar refractivity (Wildman–Crippen MR) is 85.3 cm³/mol. The van der Waals surface area contributed by atoms with E-state index in [1.54, 1.807) is 12.3 Å². The lowest BCUT2D eigenvalue weighted by Crippen LogP contribution is -2.15. The summed E-state index contributed by atoms with van der Waals surface area (Å²) in [4.78, 5) is 16.6. The lowest BCUT2D eigenvalue weighted by atomic mass is 10.0. The van der Waals surface area contributed by atoms with Crippen molar-refractivity contribution in [3.8, 4) is 0 Å². The lowest BCUT2D eigenvalue weighted by molar-refractivity contribution is 0.102. The highest BCUT2D eigenvalue weighted by molar-refractivity contribution is 6.10. The third kappa shape index (κ3) is 2.56. The van der Waals surface area contributed by atoms with E-state index in [1.165, 1.54) is 0 Å². The number of fused-ring (bicyclic) bond motifs is 1. The van der Waals surface area contributed by atoms with Gasteiger partial charge >= 0.3 is 0 Å². The number of nitrogens with two attached hydrogens (primary N) is 1. The first-order valence-corrected chi connectivity index (χ1v) is 6.66. The Balaban J connectivity index is 1.98. The number of nitrogen functional groups attached to an aromatic ring is 1. The fourth-order valence-electron chi connectivity index (χ4n) is 2.26. The highest BCUT2D eigenvalue weighted by atomic mass is 16.1. The number of amides is 1. The van der Waals surface area contributed by atoms with E-state index >= 15 is 0 Å². The molecule has 0 aliphatic rings.